The van der Waals surface area contributed by atoms with Gasteiger partial charge in [0.25, 0.3) is 0 Å². The monoisotopic (exact) mass is 692 g/mol. The maximum Gasteiger partial charge on any atom is 0.135 e. The molecule has 4 aromatic rings. The van der Waals surface area contributed by atoms with E-state index in [2.05, 4.69) is 163 Å². The summed E-state index contributed by atoms with van der Waals surface area (Å²) < 4.78 is 7.37. The van der Waals surface area contributed by atoms with Gasteiger partial charge in [-0.1, -0.05) is 96.8 Å². The second-order valence-corrected chi connectivity index (χ2v) is 20.0. The van der Waals surface area contributed by atoms with Crippen LogP contribution in [0, 0.1) is 25.7 Å². The highest BCUT2D eigenvalue weighted by molar-refractivity contribution is 7.74. The van der Waals surface area contributed by atoms with Crippen molar-refractivity contribution < 1.29 is 4.74 Å². The van der Waals surface area contributed by atoms with Gasteiger partial charge in [-0.05, 0) is 155 Å². The maximum absolute atomic E-state index is 7.37. The Kier molecular flexibility index (Phi) is 12.0. The fraction of sp³-hybridized carbons (Fsp3) is 0.455. The zero-order chi connectivity index (χ0) is 34.7. The van der Waals surface area contributed by atoms with Gasteiger partial charge in [-0.15, -0.1) is 0 Å². The summed E-state index contributed by atoms with van der Waals surface area (Å²) in [7, 11) is 7.74. The molecule has 0 saturated heterocycles. The molecule has 2 aliphatic carbocycles. The van der Waals surface area contributed by atoms with Crippen molar-refractivity contribution in [2.45, 2.75) is 89.6 Å². The Balaban J connectivity index is 1.47. The van der Waals surface area contributed by atoms with E-state index in [4.69, 9.17) is 4.74 Å². The largest absolute Gasteiger partial charge is 0.456 e. The molecule has 4 aromatic carbocycles. The van der Waals surface area contributed by atoms with E-state index < -0.39 is 15.8 Å². The van der Waals surface area contributed by atoms with E-state index >= 15 is 0 Å². The molecule has 2 fully saturated rings. The van der Waals surface area contributed by atoms with Gasteiger partial charge < -0.3 is 14.5 Å². The molecule has 6 rings (SSSR count). The van der Waals surface area contributed by atoms with Crippen LogP contribution in [-0.4, -0.2) is 61.4 Å². The van der Waals surface area contributed by atoms with Crippen molar-refractivity contribution in [1.82, 2.24) is 9.80 Å². The lowest BCUT2D eigenvalue weighted by atomic mass is 9.98. The van der Waals surface area contributed by atoms with Gasteiger partial charge in [0.15, 0.2) is 0 Å². The van der Waals surface area contributed by atoms with Crippen molar-refractivity contribution in [2.24, 2.45) is 11.8 Å². The number of aryl methyl sites for hydroxylation is 2. The highest BCUT2D eigenvalue weighted by atomic mass is 31.1. The predicted octanol–water partition coefficient (Wildman–Crippen LogP) is 9.20. The van der Waals surface area contributed by atoms with Crippen molar-refractivity contribution in [1.29, 1.82) is 0 Å². The van der Waals surface area contributed by atoms with Crippen LogP contribution in [-0.2, 0) is 0 Å². The summed E-state index contributed by atoms with van der Waals surface area (Å²) >= 11 is 0. The average molecular weight is 693 g/mol. The molecule has 0 N–H and O–H groups in total. The van der Waals surface area contributed by atoms with Gasteiger partial charge in [-0.2, -0.15) is 0 Å². The smallest absolute Gasteiger partial charge is 0.135 e. The molecule has 0 aromatic heterocycles. The number of ether oxygens (including phenoxy) is 1. The molecule has 3 nitrogen and oxygen atoms in total. The maximum atomic E-state index is 7.37. The first-order valence-corrected chi connectivity index (χ1v) is 21.4. The van der Waals surface area contributed by atoms with Crippen LogP contribution in [0.25, 0.3) is 0 Å². The minimum absolute atomic E-state index is 0.539. The average Bonchev–Trinajstić information content (AvgIpc) is 3.78. The Labute approximate surface area is 300 Å². The quantitative estimate of drug-likeness (QED) is 0.138. The molecule has 0 amide bonds. The highest BCUT2D eigenvalue weighted by Gasteiger charge is 2.41. The summed E-state index contributed by atoms with van der Waals surface area (Å²) in [5.74, 6) is 3.41. The van der Waals surface area contributed by atoms with Gasteiger partial charge in [-0.3, -0.25) is 0 Å². The normalized spacial score (nSPS) is 23.5. The van der Waals surface area contributed by atoms with Gasteiger partial charge in [0, 0.05) is 22.7 Å². The van der Waals surface area contributed by atoms with Crippen molar-refractivity contribution >= 4 is 37.1 Å². The molecule has 49 heavy (non-hydrogen) atoms. The molecule has 5 unspecified atom stereocenters. The van der Waals surface area contributed by atoms with Crippen LogP contribution in [0.3, 0.4) is 0 Å². The van der Waals surface area contributed by atoms with E-state index in [0.717, 1.165) is 11.5 Å². The van der Waals surface area contributed by atoms with E-state index in [1.165, 1.54) is 70.9 Å². The zero-order valence-corrected chi connectivity index (χ0v) is 32.9. The first kappa shape index (κ1) is 36.3. The van der Waals surface area contributed by atoms with Crippen molar-refractivity contribution in [3.8, 4) is 11.5 Å². The number of nitrogens with zero attached hydrogens (tertiary/aromatic N) is 2. The standard InChI is InChI=1S/C44H58N2OP2/c1-31-25-27-39(43(29-31)48(35-17-11-9-12-18-35)41-23-15-21-37(41)33(3)45(5)6)47-40-28-26-32(2)30-44(40)49(36-19-13-10-14-20-36)42-24-16-22-38(42)34(4)46(7)8/h9-14,17-20,25-30,33-34,37-38,41-42H,15-16,21-24H2,1-8H3/t33-,34?,37?,38?,41?,42?,48-,49-/m1/s1. The van der Waals surface area contributed by atoms with E-state index in [9.17, 15) is 0 Å². The van der Waals surface area contributed by atoms with Gasteiger partial charge in [0.05, 0.1) is 0 Å². The number of hydrogen-bond acceptors (Lipinski definition) is 3. The van der Waals surface area contributed by atoms with Crippen molar-refractivity contribution in [2.75, 3.05) is 28.2 Å². The molecular formula is C44H58N2OP2. The number of rotatable bonds is 12. The van der Waals surface area contributed by atoms with Gasteiger partial charge in [0.2, 0.25) is 0 Å². The summed E-state index contributed by atoms with van der Waals surface area (Å²) in [6.45, 7) is 9.37. The highest BCUT2D eigenvalue weighted by Crippen LogP contribution is 2.55. The molecule has 0 aliphatic heterocycles. The van der Waals surface area contributed by atoms with Crippen molar-refractivity contribution in [3.05, 3.63) is 108 Å². The Morgan fingerprint density at radius 3 is 1.31 bits per heavy atom. The molecule has 8 atom stereocenters. The molecular weight excluding hydrogens is 634 g/mol. The predicted molar refractivity (Wildman–Crippen MR) is 216 cm³/mol. The third kappa shape index (κ3) is 8.02. The Morgan fingerprint density at radius 1 is 0.551 bits per heavy atom. The molecule has 260 valence electrons. The topological polar surface area (TPSA) is 15.7 Å². The van der Waals surface area contributed by atoms with Crippen molar-refractivity contribution in [3.63, 3.8) is 0 Å². The first-order chi connectivity index (χ1) is 23.6. The van der Waals surface area contributed by atoms with Gasteiger partial charge >= 0.3 is 0 Å². The lowest BCUT2D eigenvalue weighted by Crippen LogP contribution is -2.38. The second-order valence-electron chi connectivity index (χ2n) is 15.2. The van der Waals surface area contributed by atoms with Crippen LogP contribution in [0.5, 0.6) is 11.5 Å². The summed E-state index contributed by atoms with van der Waals surface area (Å²) in [5.41, 5.74) is 3.85. The summed E-state index contributed by atoms with van der Waals surface area (Å²) in [5, 5.41) is 5.75. The third-order valence-corrected chi connectivity index (χ3v) is 17.7. The Bertz CT molecular complexity index is 1540. The lowest BCUT2D eigenvalue weighted by Gasteiger charge is -2.37. The van der Waals surface area contributed by atoms with Gasteiger partial charge in [-0.25, -0.2) is 0 Å². The Morgan fingerprint density at radius 2 is 0.939 bits per heavy atom. The molecule has 2 aliphatic rings. The first-order valence-electron chi connectivity index (χ1n) is 18.5. The molecule has 0 radical (unpaired) electrons. The molecule has 0 spiro atoms. The summed E-state index contributed by atoms with van der Waals surface area (Å²) in [4.78, 5) is 4.88. The van der Waals surface area contributed by atoms with E-state index in [-0.39, 0.29) is 0 Å². The van der Waals surface area contributed by atoms with Gasteiger partial charge in [0.1, 0.15) is 11.5 Å². The SMILES string of the molecule is Cc1ccc(Oc2ccc(C)cc2[P@](c2ccccc2)C2CCCC2[C@@H](C)N(C)C)c([P@](c2ccccc2)C2CCCC2C(C)N(C)C)c1. The van der Waals surface area contributed by atoms with Crippen LogP contribution >= 0.6 is 15.8 Å². The third-order valence-electron chi connectivity index (χ3n) is 11.6. The fourth-order valence-electron chi connectivity index (χ4n) is 8.59. The van der Waals surface area contributed by atoms with Crippen LogP contribution in [0.2, 0.25) is 0 Å². The molecule has 2 saturated carbocycles. The van der Waals surface area contributed by atoms with Crippen LogP contribution in [0.4, 0.5) is 0 Å². The molecule has 5 heteroatoms. The number of hydrogen-bond donors (Lipinski definition) is 0. The van der Waals surface area contributed by atoms with Crippen LogP contribution < -0.4 is 26.0 Å². The zero-order valence-electron chi connectivity index (χ0n) is 31.1. The lowest BCUT2D eigenvalue weighted by molar-refractivity contribution is 0.232. The van der Waals surface area contributed by atoms with E-state index in [1.54, 1.807) is 0 Å². The second kappa shape index (κ2) is 16.2. The van der Waals surface area contributed by atoms with E-state index in [1.807, 2.05) is 0 Å². The minimum Gasteiger partial charge on any atom is -0.456 e. The summed E-state index contributed by atoms with van der Waals surface area (Å²) in [6.07, 6.45) is 7.76. The van der Waals surface area contributed by atoms with Crippen LogP contribution in [0.1, 0.15) is 63.5 Å². The number of benzene rings is 4. The molecule has 0 bridgehead atoms. The Hall–Kier alpha value is -2.54. The molecule has 0 heterocycles. The summed E-state index contributed by atoms with van der Waals surface area (Å²) in [6, 6.07) is 37.9. The fourth-order valence-corrected chi connectivity index (χ4v) is 15.5. The van der Waals surface area contributed by atoms with E-state index in [0.29, 0.717) is 35.2 Å². The van der Waals surface area contributed by atoms with Crippen LogP contribution in [0.15, 0.2) is 97.1 Å². The minimum atomic E-state index is -0.640.